The van der Waals surface area contributed by atoms with E-state index in [2.05, 4.69) is 26.6 Å². The molecule has 284 valence electrons. The quantitative estimate of drug-likeness (QED) is 0.0785. The Bertz CT molecular complexity index is 1340. The number of aliphatic carboxylic acids is 1. The molecule has 0 saturated carbocycles. The Morgan fingerprint density at radius 2 is 1.37 bits per heavy atom. The van der Waals surface area contributed by atoms with Crippen molar-refractivity contribution >= 4 is 47.1 Å². The minimum Gasteiger partial charge on any atom is -0.480 e. The van der Waals surface area contributed by atoms with Gasteiger partial charge in [-0.1, -0.05) is 49.7 Å². The van der Waals surface area contributed by atoms with Gasteiger partial charge in [-0.05, 0) is 94.5 Å². The molecule has 2 rings (SSSR count). The van der Waals surface area contributed by atoms with Crippen LogP contribution in [0, 0.1) is 5.92 Å². The fourth-order valence-corrected chi connectivity index (χ4v) is 5.59. The molecule has 0 aromatic heterocycles. The first-order valence-electron chi connectivity index (χ1n) is 17.5. The van der Waals surface area contributed by atoms with Gasteiger partial charge in [0, 0.05) is 11.4 Å². The van der Waals surface area contributed by atoms with Crippen molar-refractivity contribution in [3.8, 4) is 0 Å². The van der Waals surface area contributed by atoms with Crippen LogP contribution in [0.1, 0.15) is 77.2 Å². The molecule has 1 aromatic rings. The van der Waals surface area contributed by atoms with Crippen molar-refractivity contribution < 1.29 is 33.9 Å². The van der Waals surface area contributed by atoms with Crippen LogP contribution in [0.25, 0.3) is 0 Å². The predicted octanol–water partition coefficient (Wildman–Crippen LogP) is 0.373. The van der Waals surface area contributed by atoms with Gasteiger partial charge < -0.3 is 48.9 Å². The predicted molar refractivity (Wildman–Crippen MR) is 194 cm³/mol. The van der Waals surface area contributed by atoms with E-state index in [1.807, 2.05) is 13.8 Å². The number of carboxylic acid groups (broad SMARTS) is 1. The fourth-order valence-electron chi connectivity index (χ4n) is 5.46. The number of nitrogens with two attached hydrogens (primary N) is 3. The highest BCUT2D eigenvalue weighted by molar-refractivity contribution is 6.30. The molecule has 1 aliphatic heterocycles. The lowest BCUT2D eigenvalue weighted by Crippen LogP contribution is -2.59. The number of carboxylic acids is 1. The van der Waals surface area contributed by atoms with E-state index in [4.69, 9.17) is 28.8 Å². The van der Waals surface area contributed by atoms with Gasteiger partial charge in [-0.15, -0.1) is 0 Å². The summed E-state index contributed by atoms with van der Waals surface area (Å²) in [5, 5.41) is 23.6. The van der Waals surface area contributed by atoms with Crippen LogP contribution in [0.3, 0.4) is 0 Å². The molecule has 0 aliphatic carbocycles. The van der Waals surface area contributed by atoms with Crippen LogP contribution in [0.15, 0.2) is 36.4 Å². The summed E-state index contributed by atoms with van der Waals surface area (Å²) in [4.78, 5) is 79.6. The molecule has 1 heterocycles. The largest absolute Gasteiger partial charge is 0.480 e. The third kappa shape index (κ3) is 15.8. The molecule has 0 spiro atoms. The van der Waals surface area contributed by atoms with Gasteiger partial charge in [0.1, 0.15) is 30.2 Å². The maximum Gasteiger partial charge on any atom is 0.326 e. The summed E-state index contributed by atoms with van der Waals surface area (Å²) in [6, 6.07) is -0.0613. The van der Waals surface area contributed by atoms with Crippen LogP contribution >= 0.6 is 11.6 Å². The summed E-state index contributed by atoms with van der Waals surface area (Å²) in [7, 11) is 0. The second-order valence-corrected chi connectivity index (χ2v) is 13.7. The maximum atomic E-state index is 13.9. The van der Waals surface area contributed by atoms with Gasteiger partial charge in [-0.3, -0.25) is 24.0 Å². The van der Waals surface area contributed by atoms with Crippen LogP contribution in [0.5, 0.6) is 0 Å². The number of hydrogen-bond donors (Lipinski definition) is 9. The van der Waals surface area contributed by atoms with E-state index in [1.165, 1.54) is 0 Å². The molecule has 0 saturated heterocycles. The number of amides is 5. The Labute approximate surface area is 304 Å². The summed E-state index contributed by atoms with van der Waals surface area (Å²) in [6.07, 6.45) is 6.12. The van der Waals surface area contributed by atoms with Gasteiger partial charge in [-0.25, -0.2) is 4.79 Å². The normalized spacial score (nSPS) is 22.1. The molecule has 1 aliphatic rings. The summed E-state index contributed by atoms with van der Waals surface area (Å²) < 4.78 is 0. The highest BCUT2D eigenvalue weighted by Crippen LogP contribution is 2.14. The lowest BCUT2D eigenvalue weighted by atomic mass is 10.0. The van der Waals surface area contributed by atoms with Crippen molar-refractivity contribution in [2.45, 2.75) is 114 Å². The van der Waals surface area contributed by atoms with Crippen LogP contribution in [0.2, 0.25) is 5.02 Å². The minimum atomic E-state index is -1.23. The first kappa shape index (κ1) is 43.1. The standard InChI is InChI=1S/C35H55ClN8O7/c1-21(2)19-29(35(50)51)44-34(49)28(20-22-13-15-23(36)16-14-22)43-33(48)26-10-4-3-9-24(39)30(45)40-25(11-5-7-17-37)31(46)42-27(32(47)41-26)12-6-8-18-38/h3-4,13-16,21,24-29H,5-12,17-20,37-39H2,1-2H3,(H,40,45)(H,41,47)(H,42,46)(H,43,48)(H,44,49)(H,50,51)/b4-3+/t24-,25-,26-,27-,28-,29-/m0/s1. The number of halogens is 1. The third-order valence-electron chi connectivity index (χ3n) is 8.37. The number of carbonyl (C=O) groups is 6. The molecule has 1 aromatic carbocycles. The lowest BCUT2D eigenvalue weighted by molar-refractivity contribution is -0.142. The van der Waals surface area contributed by atoms with Crippen molar-refractivity contribution in [1.29, 1.82) is 0 Å². The zero-order valence-electron chi connectivity index (χ0n) is 29.5. The average Bonchev–Trinajstić information content (AvgIpc) is 3.08. The van der Waals surface area contributed by atoms with Crippen LogP contribution in [-0.2, 0) is 35.2 Å². The molecule has 0 bridgehead atoms. The van der Waals surface area contributed by atoms with E-state index < -0.39 is 71.8 Å². The topological polar surface area (TPSA) is 261 Å². The van der Waals surface area contributed by atoms with Gasteiger partial charge in [0.15, 0.2) is 0 Å². The number of rotatable bonds is 17. The monoisotopic (exact) mass is 734 g/mol. The molecule has 0 radical (unpaired) electrons. The van der Waals surface area contributed by atoms with Crippen molar-refractivity contribution in [3.63, 3.8) is 0 Å². The Kier molecular flexibility index (Phi) is 19.2. The van der Waals surface area contributed by atoms with E-state index in [0.29, 0.717) is 49.4 Å². The minimum absolute atomic E-state index is 0.00739. The average molecular weight is 735 g/mol. The van der Waals surface area contributed by atoms with Gasteiger partial charge in [0.25, 0.3) is 0 Å². The zero-order valence-corrected chi connectivity index (χ0v) is 30.3. The van der Waals surface area contributed by atoms with Crippen LogP contribution < -0.4 is 43.8 Å². The molecule has 51 heavy (non-hydrogen) atoms. The van der Waals surface area contributed by atoms with Crippen LogP contribution in [-0.4, -0.2) is 90.0 Å². The Balaban J connectivity index is 2.43. The fraction of sp³-hybridized carbons (Fsp3) is 0.600. The summed E-state index contributed by atoms with van der Waals surface area (Å²) >= 11 is 6.04. The van der Waals surface area contributed by atoms with Gasteiger partial charge in [-0.2, -0.15) is 0 Å². The number of benzene rings is 1. The second kappa shape index (κ2) is 22.7. The third-order valence-corrected chi connectivity index (χ3v) is 8.62. The summed E-state index contributed by atoms with van der Waals surface area (Å²) in [5.74, 6) is -4.47. The Morgan fingerprint density at radius 3 is 1.92 bits per heavy atom. The number of carbonyl (C=O) groups excluding carboxylic acids is 5. The maximum absolute atomic E-state index is 13.9. The van der Waals surface area contributed by atoms with E-state index in [1.54, 1.807) is 36.4 Å². The lowest BCUT2D eigenvalue weighted by Gasteiger charge is -2.27. The van der Waals surface area contributed by atoms with Crippen molar-refractivity contribution in [2.75, 3.05) is 13.1 Å². The van der Waals surface area contributed by atoms with E-state index >= 15 is 0 Å². The summed E-state index contributed by atoms with van der Waals surface area (Å²) in [5.41, 5.74) is 18.1. The van der Waals surface area contributed by atoms with Crippen LogP contribution in [0.4, 0.5) is 0 Å². The van der Waals surface area contributed by atoms with E-state index in [9.17, 15) is 33.9 Å². The van der Waals surface area contributed by atoms with Gasteiger partial charge >= 0.3 is 5.97 Å². The van der Waals surface area contributed by atoms with Gasteiger partial charge in [0.2, 0.25) is 29.5 Å². The molecule has 15 nitrogen and oxygen atoms in total. The zero-order chi connectivity index (χ0) is 37.9. The molecule has 12 N–H and O–H groups in total. The second-order valence-electron chi connectivity index (χ2n) is 13.2. The number of hydrogen-bond acceptors (Lipinski definition) is 9. The smallest absolute Gasteiger partial charge is 0.326 e. The molecule has 16 heteroatoms. The molecule has 6 atom stereocenters. The molecule has 0 unspecified atom stereocenters. The highest BCUT2D eigenvalue weighted by atomic mass is 35.5. The first-order valence-corrected chi connectivity index (χ1v) is 17.9. The van der Waals surface area contributed by atoms with Crippen molar-refractivity contribution in [3.05, 3.63) is 47.0 Å². The molecular formula is C35H55ClN8O7. The highest BCUT2D eigenvalue weighted by Gasteiger charge is 2.33. The molecular weight excluding hydrogens is 680 g/mol. The van der Waals surface area contributed by atoms with E-state index in [-0.39, 0.29) is 44.4 Å². The van der Waals surface area contributed by atoms with Gasteiger partial charge in [0.05, 0.1) is 6.04 Å². The Hall–Kier alpha value is -4.05. The first-order chi connectivity index (χ1) is 24.2. The SMILES string of the molecule is CC(C)C[C@H](NC(=O)[C@H](Cc1ccc(Cl)cc1)NC(=O)[C@@H]1C/C=C/C[C@H](N)C(=O)N[C@@H](CCCCN)C(=O)N[C@@H](CCCCN)C(=O)N1)C(=O)O. The van der Waals surface area contributed by atoms with Crippen molar-refractivity contribution in [1.82, 2.24) is 26.6 Å². The summed E-state index contributed by atoms with van der Waals surface area (Å²) in [6.45, 7) is 4.42. The van der Waals surface area contributed by atoms with Crippen molar-refractivity contribution in [2.24, 2.45) is 23.1 Å². The van der Waals surface area contributed by atoms with E-state index in [0.717, 1.165) is 0 Å². The Morgan fingerprint density at radius 1 is 0.824 bits per heavy atom. The number of unbranched alkanes of at least 4 members (excludes halogenated alkanes) is 2. The number of nitrogens with one attached hydrogen (secondary N) is 5. The molecule has 5 amide bonds. The molecule has 0 fully saturated rings.